The second-order valence-corrected chi connectivity index (χ2v) is 5.35. The van der Waals surface area contributed by atoms with E-state index in [4.69, 9.17) is 0 Å². The monoisotopic (exact) mass is 291 g/mol. The lowest BCUT2D eigenvalue weighted by atomic mass is 10.1. The van der Waals surface area contributed by atoms with Crippen molar-refractivity contribution in [2.45, 2.75) is 40.3 Å². The molecule has 0 aromatic carbocycles. The van der Waals surface area contributed by atoms with Crippen LogP contribution in [0.3, 0.4) is 0 Å². The van der Waals surface area contributed by atoms with Crippen LogP contribution in [0.1, 0.15) is 55.4 Å². The number of carbonyl (C=O) groups excluding carboxylic acids is 1. The molecule has 2 heterocycles. The van der Waals surface area contributed by atoms with Crippen molar-refractivity contribution in [3.63, 3.8) is 0 Å². The number of fused-ring (bicyclic) bond motifs is 1. The summed E-state index contributed by atoms with van der Waals surface area (Å²) in [6.07, 6.45) is 1.74. The van der Waals surface area contributed by atoms with Gasteiger partial charge in [0.15, 0.2) is 0 Å². The van der Waals surface area contributed by atoms with Gasteiger partial charge in [0, 0.05) is 24.8 Å². The number of halogens is 1. The first kappa shape index (κ1) is 15.5. The molecular weight excluding hydrogens is 269 g/mol. The van der Waals surface area contributed by atoms with Crippen molar-refractivity contribution in [1.29, 1.82) is 0 Å². The van der Waals surface area contributed by atoms with Gasteiger partial charge in [0.25, 0.3) is 5.91 Å². The molecule has 0 saturated carbocycles. The molecule has 2 aromatic heterocycles. The zero-order chi connectivity index (χ0) is 15.6. The van der Waals surface area contributed by atoms with Crippen LogP contribution < -0.4 is 0 Å². The zero-order valence-corrected chi connectivity index (χ0v) is 13.1. The predicted octanol–water partition coefficient (Wildman–Crippen LogP) is 3.41. The summed E-state index contributed by atoms with van der Waals surface area (Å²) in [5.41, 5.74) is 2.55. The van der Waals surface area contributed by atoms with E-state index < -0.39 is 6.67 Å². The average molecular weight is 291 g/mol. The maximum Gasteiger partial charge on any atom is 0.254 e. The van der Waals surface area contributed by atoms with E-state index in [1.807, 2.05) is 27.7 Å². The van der Waals surface area contributed by atoms with E-state index in [1.54, 1.807) is 27.6 Å². The number of amides is 1. The molecule has 0 aliphatic carbocycles. The maximum absolute atomic E-state index is 13.3. The van der Waals surface area contributed by atoms with E-state index in [-0.39, 0.29) is 11.8 Å². The highest BCUT2D eigenvalue weighted by Gasteiger charge is 2.18. The minimum Gasteiger partial charge on any atom is -0.339 e. The van der Waals surface area contributed by atoms with Gasteiger partial charge in [-0.05, 0) is 31.9 Å². The molecule has 0 aliphatic rings. The number of hydrogen-bond donors (Lipinski definition) is 0. The Balaban J connectivity index is 2.50. The van der Waals surface area contributed by atoms with Crippen LogP contribution in [0, 0.1) is 0 Å². The van der Waals surface area contributed by atoms with E-state index >= 15 is 0 Å². The fourth-order valence-corrected chi connectivity index (χ4v) is 2.54. The van der Waals surface area contributed by atoms with Crippen molar-refractivity contribution >= 4 is 11.6 Å². The van der Waals surface area contributed by atoms with E-state index in [9.17, 15) is 9.18 Å². The summed E-state index contributed by atoms with van der Waals surface area (Å²) in [7, 11) is 0. The minimum absolute atomic E-state index is 0.0154. The molecule has 5 heteroatoms. The Morgan fingerprint density at radius 1 is 1.38 bits per heavy atom. The summed E-state index contributed by atoms with van der Waals surface area (Å²) in [4.78, 5) is 18.6. The minimum atomic E-state index is -0.558. The molecule has 21 heavy (non-hydrogen) atoms. The van der Waals surface area contributed by atoms with Crippen molar-refractivity contribution in [2.24, 2.45) is 0 Å². The molecule has 2 aromatic rings. The van der Waals surface area contributed by atoms with Crippen LogP contribution in [0.4, 0.5) is 4.39 Å². The summed E-state index contributed by atoms with van der Waals surface area (Å²) in [6, 6.07) is 3.48. The van der Waals surface area contributed by atoms with Gasteiger partial charge in [-0.2, -0.15) is 0 Å². The van der Waals surface area contributed by atoms with Crippen LogP contribution in [-0.2, 0) is 6.67 Å². The summed E-state index contributed by atoms with van der Waals surface area (Å²) in [6.45, 7) is 8.66. The molecule has 0 radical (unpaired) electrons. The van der Waals surface area contributed by atoms with Crippen molar-refractivity contribution in [2.75, 3.05) is 13.1 Å². The van der Waals surface area contributed by atoms with Crippen LogP contribution in [-0.4, -0.2) is 33.3 Å². The zero-order valence-electron chi connectivity index (χ0n) is 13.1. The fourth-order valence-electron chi connectivity index (χ4n) is 2.54. The SMILES string of the molecule is CCN(CC)C(=O)c1ccn2c(CF)c(C(C)C)nc2c1. The first-order valence-corrected chi connectivity index (χ1v) is 7.39. The molecule has 2 rings (SSSR count). The van der Waals surface area contributed by atoms with Gasteiger partial charge in [0.2, 0.25) is 0 Å². The Bertz CT molecular complexity index is 644. The molecule has 4 nitrogen and oxygen atoms in total. The Labute approximate surface area is 124 Å². The second-order valence-electron chi connectivity index (χ2n) is 5.35. The Hall–Kier alpha value is -1.91. The third-order valence-electron chi connectivity index (χ3n) is 3.73. The van der Waals surface area contributed by atoms with Gasteiger partial charge in [0.1, 0.15) is 12.3 Å². The number of pyridine rings is 1. The van der Waals surface area contributed by atoms with Crippen molar-refractivity contribution in [1.82, 2.24) is 14.3 Å². The summed E-state index contributed by atoms with van der Waals surface area (Å²) in [5, 5.41) is 0. The molecule has 0 fully saturated rings. The molecule has 0 spiro atoms. The third-order valence-corrected chi connectivity index (χ3v) is 3.73. The highest BCUT2D eigenvalue weighted by atomic mass is 19.1. The van der Waals surface area contributed by atoms with Gasteiger partial charge in [0.05, 0.1) is 11.4 Å². The number of nitrogens with zero attached hydrogens (tertiary/aromatic N) is 3. The molecule has 0 aliphatic heterocycles. The van der Waals surface area contributed by atoms with Gasteiger partial charge in [-0.1, -0.05) is 13.8 Å². The van der Waals surface area contributed by atoms with Crippen LogP contribution in [0.15, 0.2) is 18.3 Å². The second kappa shape index (κ2) is 6.24. The van der Waals surface area contributed by atoms with Crippen LogP contribution in [0.5, 0.6) is 0 Å². The highest BCUT2D eigenvalue weighted by Crippen LogP contribution is 2.22. The molecular formula is C16H22FN3O. The number of imidazole rings is 1. The molecule has 0 unspecified atom stereocenters. The molecule has 0 bridgehead atoms. The summed E-state index contributed by atoms with van der Waals surface area (Å²) >= 11 is 0. The first-order chi connectivity index (χ1) is 10.0. The first-order valence-electron chi connectivity index (χ1n) is 7.39. The largest absolute Gasteiger partial charge is 0.339 e. The lowest BCUT2D eigenvalue weighted by molar-refractivity contribution is 0.0773. The Morgan fingerprint density at radius 2 is 2.05 bits per heavy atom. The topological polar surface area (TPSA) is 37.6 Å². The number of aromatic nitrogens is 2. The Kier molecular flexibility index (Phi) is 4.60. The fraction of sp³-hybridized carbons (Fsp3) is 0.500. The molecule has 1 amide bonds. The van der Waals surface area contributed by atoms with Gasteiger partial charge in [-0.25, -0.2) is 9.37 Å². The highest BCUT2D eigenvalue weighted by molar-refractivity contribution is 5.95. The van der Waals surface area contributed by atoms with Crippen molar-refractivity contribution in [3.05, 3.63) is 35.3 Å². The van der Waals surface area contributed by atoms with Crippen molar-refractivity contribution < 1.29 is 9.18 Å². The number of hydrogen-bond acceptors (Lipinski definition) is 2. The van der Waals surface area contributed by atoms with Gasteiger partial charge in [-0.15, -0.1) is 0 Å². The van der Waals surface area contributed by atoms with Gasteiger partial charge < -0.3 is 9.30 Å². The van der Waals surface area contributed by atoms with Crippen LogP contribution >= 0.6 is 0 Å². The Morgan fingerprint density at radius 3 is 2.57 bits per heavy atom. The summed E-state index contributed by atoms with van der Waals surface area (Å²) in [5.74, 6) is 0.135. The number of rotatable bonds is 5. The standard InChI is InChI=1S/C16H22FN3O/c1-5-19(6-2)16(21)12-7-8-20-13(10-17)15(11(3)4)18-14(20)9-12/h7-9,11H,5-6,10H2,1-4H3. The quantitative estimate of drug-likeness (QED) is 0.846. The van der Waals surface area contributed by atoms with Crippen LogP contribution in [0.25, 0.3) is 5.65 Å². The van der Waals surface area contributed by atoms with Crippen LogP contribution in [0.2, 0.25) is 0 Å². The third kappa shape index (κ3) is 2.77. The smallest absolute Gasteiger partial charge is 0.254 e. The number of carbonyl (C=O) groups is 1. The van der Waals surface area contributed by atoms with Crippen molar-refractivity contribution in [3.8, 4) is 0 Å². The normalized spacial score (nSPS) is 11.3. The van der Waals surface area contributed by atoms with E-state index in [0.717, 1.165) is 5.69 Å². The molecule has 114 valence electrons. The van der Waals surface area contributed by atoms with E-state index in [0.29, 0.717) is 30.0 Å². The number of alkyl halides is 1. The molecule has 0 atom stereocenters. The van der Waals surface area contributed by atoms with Gasteiger partial charge >= 0.3 is 0 Å². The molecule has 0 N–H and O–H groups in total. The van der Waals surface area contributed by atoms with Gasteiger partial charge in [-0.3, -0.25) is 4.79 Å². The lowest BCUT2D eigenvalue weighted by Gasteiger charge is -2.18. The average Bonchev–Trinajstić information content (AvgIpc) is 2.86. The summed E-state index contributed by atoms with van der Waals surface area (Å²) < 4.78 is 15.0. The van der Waals surface area contributed by atoms with E-state index in [2.05, 4.69) is 4.98 Å². The predicted molar refractivity (Wildman–Crippen MR) is 81.3 cm³/mol. The maximum atomic E-state index is 13.3. The molecule has 0 saturated heterocycles. The lowest BCUT2D eigenvalue weighted by Crippen LogP contribution is -2.30. The van der Waals surface area contributed by atoms with E-state index in [1.165, 1.54) is 0 Å².